The molecular weight excluding hydrogens is 773 g/mol. The molecule has 1 aliphatic heterocycles. The molecule has 0 spiro atoms. The summed E-state index contributed by atoms with van der Waals surface area (Å²) in [5.41, 5.74) is 30.3. The van der Waals surface area contributed by atoms with Gasteiger partial charge in [-0.15, -0.1) is 0 Å². The van der Waals surface area contributed by atoms with Gasteiger partial charge in [0.15, 0.2) is 5.96 Å². The number of amides is 6. The molecular formula is C40H56N14O6. The van der Waals surface area contributed by atoms with Gasteiger partial charge in [0, 0.05) is 49.1 Å². The van der Waals surface area contributed by atoms with Gasteiger partial charge in [0.1, 0.15) is 30.5 Å². The Morgan fingerprint density at radius 1 is 0.733 bits per heavy atom. The van der Waals surface area contributed by atoms with Crippen molar-refractivity contribution in [3.05, 3.63) is 71.9 Å². The lowest BCUT2D eigenvalue weighted by atomic mass is 10.0. The summed E-state index contributed by atoms with van der Waals surface area (Å²) in [6.07, 6.45) is 6.53. The van der Waals surface area contributed by atoms with Crippen LogP contribution in [0.15, 0.2) is 75.8 Å². The molecule has 322 valence electrons. The van der Waals surface area contributed by atoms with Crippen molar-refractivity contribution in [1.29, 1.82) is 0 Å². The standard InChI is InChI=1S/C40H56N14O6/c41-15-7-6-12-28(42)35(56)52-33(19-26-21-46-23-50-26)39(60)53-31(17-24-9-2-1-3-10-24)38(59)51-30(14-8-16-47-40(44)45)37(58)54-32(36(57)49-22-34(43)55)18-25-20-48-29-13-5-4-11-27(25)29/h1-5,9-11,13,20-21,23,26,28,30-33,48H,6-8,12,14-19,22,41-42H2,(H2,43,55)(H,49,57)(H,51,59)(H,52,56)(H,53,60)(H,54,58)(H4,44,45,47)/t26?,28-,30-,31-,32-,33-/m0/s1. The fraction of sp³-hybridized carbons (Fsp3) is 0.425. The number of H-pyrrole nitrogens is 1. The summed E-state index contributed by atoms with van der Waals surface area (Å²) in [7, 11) is 0. The number of unbranched alkanes of at least 4 members (excludes halogenated alkanes) is 1. The van der Waals surface area contributed by atoms with Gasteiger partial charge in [0.2, 0.25) is 35.4 Å². The number of fused-ring (bicyclic) bond motifs is 1. The van der Waals surface area contributed by atoms with Crippen LogP contribution in [0, 0.1) is 0 Å². The molecule has 16 N–H and O–H groups in total. The SMILES string of the molecule is NCCCC[C@H](N)C(=O)N[C@@H](CC1C=NC=N1)C(=O)N[C@@H](Cc1ccccc1)C(=O)N[C@@H](CCCN=C(N)N)C(=O)N[C@@H](Cc1c[nH]c2ccccc12)C(=O)NCC(N)=O. The lowest BCUT2D eigenvalue weighted by Crippen LogP contribution is -2.59. The first-order chi connectivity index (χ1) is 28.8. The highest BCUT2D eigenvalue weighted by atomic mass is 16.2. The third-order valence-corrected chi connectivity index (χ3v) is 9.66. The van der Waals surface area contributed by atoms with Gasteiger partial charge in [0.05, 0.1) is 18.6 Å². The fourth-order valence-electron chi connectivity index (χ4n) is 6.49. The quantitative estimate of drug-likeness (QED) is 0.0250. The largest absolute Gasteiger partial charge is 0.370 e. The third kappa shape index (κ3) is 14.9. The highest BCUT2D eigenvalue weighted by Crippen LogP contribution is 2.19. The summed E-state index contributed by atoms with van der Waals surface area (Å²) in [6, 6.07) is 9.97. The molecule has 6 amide bonds. The minimum absolute atomic E-state index is 0.00176. The first-order valence-electron chi connectivity index (χ1n) is 19.8. The zero-order chi connectivity index (χ0) is 43.4. The lowest BCUT2D eigenvalue weighted by molar-refractivity contribution is -0.135. The van der Waals surface area contributed by atoms with E-state index in [9.17, 15) is 28.8 Å². The van der Waals surface area contributed by atoms with E-state index in [1.807, 2.05) is 24.3 Å². The van der Waals surface area contributed by atoms with E-state index in [1.54, 1.807) is 36.5 Å². The molecule has 0 fully saturated rings. The van der Waals surface area contributed by atoms with E-state index in [1.165, 1.54) is 12.6 Å². The molecule has 0 saturated heterocycles. The molecule has 60 heavy (non-hydrogen) atoms. The van der Waals surface area contributed by atoms with Crippen molar-refractivity contribution in [2.75, 3.05) is 19.6 Å². The Morgan fingerprint density at radius 2 is 1.38 bits per heavy atom. The summed E-state index contributed by atoms with van der Waals surface area (Å²) >= 11 is 0. The van der Waals surface area contributed by atoms with Crippen LogP contribution in [0.5, 0.6) is 0 Å². The monoisotopic (exact) mass is 828 g/mol. The molecule has 2 heterocycles. The van der Waals surface area contributed by atoms with Crippen LogP contribution in [0.1, 0.15) is 49.7 Å². The Hall–Kier alpha value is -6.67. The Labute approximate surface area is 347 Å². The van der Waals surface area contributed by atoms with Crippen LogP contribution >= 0.6 is 0 Å². The number of nitrogens with one attached hydrogen (secondary N) is 6. The fourth-order valence-corrected chi connectivity index (χ4v) is 6.49. The van der Waals surface area contributed by atoms with Gasteiger partial charge < -0.3 is 60.2 Å². The van der Waals surface area contributed by atoms with Gasteiger partial charge in [-0.25, -0.2) is 4.99 Å². The lowest BCUT2D eigenvalue weighted by Gasteiger charge is -2.27. The normalized spacial score (nSPS) is 15.5. The summed E-state index contributed by atoms with van der Waals surface area (Å²) < 4.78 is 0. The highest BCUT2D eigenvalue weighted by Gasteiger charge is 2.33. The number of hydrogen-bond donors (Lipinski definition) is 11. The van der Waals surface area contributed by atoms with Gasteiger partial charge in [-0.05, 0) is 49.4 Å². The second-order valence-corrected chi connectivity index (χ2v) is 14.4. The Bertz CT molecular complexity index is 2000. The number of aromatic nitrogens is 1. The van der Waals surface area contributed by atoms with E-state index in [2.05, 4.69) is 46.5 Å². The first kappa shape index (κ1) is 46.0. The number of carbonyl (C=O) groups excluding carboxylic acids is 6. The minimum Gasteiger partial charge on any atom is -0.370 e. The number of nitrogens with zero attached hydrogens (tertiary/aromatic N) is 3. The highest BCUT2D eigenvalue weighted by molar-refractivity contribution is 5.97. The Kier molecular flexibility index (Phi) is 18.2. The van der Waals surface area contributed by atoms with Gasteiger partial charge in [-0.1, -0.05) is 55.0 Å². The van der Waals surface area contributed by atoms with Crippen molar-refractivity contribution in [2.24, 2.45) is 43.6 Å². The average molecular weight is 829 g/mol. The number of para-hydroxylation sites is 1. The van der Waals surface area contributed by atoms with Crippen LogP contribution in [0.2, 0.25) is 0 Å². The molecule has 1 aromatic heterocycles. The summed E-state index contributed by atoms with van der Waals surface area (Å²) in [5, 5.41) is 14.3. The third-order valence-electron chi connectivity index (χ3n) is 9.66. The van der Waals surface area contributed by atoms with E-state index in [-0.39, 0.29) is 44.6 Å². The number of aromatic amines is 1. The van der Waals surface area contributed by atoms with E-state index in [0.29, 0.717) is 36.9 Å². The van der Waals surface area contributed by atoms with Gasteiger partial charge in [0.25, 0.3) is 0 Å². The molecule has 20 nitrogen and oxygen atoms in total. The number of guanidine groups is 1. The van der Waals surface area contributed by atoms with Crippen molar-refractivity contribution in [3.63, 3.8) is 0 Å². The molecule has 6 atom stereocenters. The predicted molar refractivity (Wildman–Crippen MR) is 228 cm³/mol. The number of primary amides is 1. The number of carbonyl (C=O) groups is 6. The van der Waals surface area contributed by atoms with E-state index < -0.39 is 78.2 Å². The van der Waals surface area contributed by atoms with Gasteiger partial charge in [-0.3, -0.25) is 38.8 Å². The molecule has 2 aromatic carbocycles. The zero-order valence-electron chi connectivity index (χ0n) is 33.3. The topological polar surface area (TPSA) is 346 Å². The van der Waals surface area contributed by atoms with Crippen LogP contribution in [0.4, 0.5) is 0 Å². The van der Waals surface area contributed by atoms with Crippen LogP contribution in [0.25, 0.3) is 10.9 Å². The average Bonchev–Trinajstić information content (AvgIpc) is 3.90. The molecule has 0 bridgehead atoms. The maximum absolute atomic E-state index is 14.3. The molecule has 0 radical (unpaired) electrons. The number of nitrogens with two attached hydrogens (primary N) is 5. The molecule has 3 aromatic rings. The number of aliphatic imine (C=N–C) groups is 3. The Morgan fingerprint density at radius 3 is 2.07 bits per heavy atom. The predicted octanol–water partition coefficient (Wildman–Crippen LogP) is -2.12. The summed E-state index contributed by atoms with van der Waals surface area (Å²) in [4.78, 5) is 96.1. The van der Waals surface area contributed by atoms with Gasteiger partial charge in [-0.2, -0.15) is 0 Å². The van der Waals surface area contributed by atoms with E-state index >= 15 is 0 Å². The Balaban J connectivity index is 1.60. The second-order valence-electron chi connectivity index (χ2n) is 14.4. The number of rotatable bonds is 25. The molecule has 1 unspecified atom stereocenters. The zero-order valence-corrected chi connectivity index (χ0v) is 33.3. The van der Waals surface area contributed by atoms with Crippen molar-refractivity contribution in [2.45, 2.75) is 87.6 Å². The van der Waals surface area contributed by atoms with Gasteiger partial charge >= 0.3 is 0 Å². The molecule has 1 aliphatic rings. The summed E-state index contributed by atoms with van der Waals surface area (Å²) in [5.74, 6) is -4.35. The molecule has 0 aliphatic carbocycles. The van der Waals surface area contributed by atoms with E-state index in [0.717, 1.165) is 10.9 Å². The number of hydrogen-bond acceptors (Lipinski definition) is 11. The minimum atomic E-state index is -1.26. The molecule has 20 heteroatoms. The second kappa shape index (κ2) is 23.7. The van der Waals surface area contributed by atoms with Crippen molar-refractivity contribution >= 4 is 64.9 Å². The van der Waals surface area contributed by atoms with Crippen molar-refractivity contribution < 1.29 is 28.8 Å². The van der Waals surface area contributed by atoms with Crippen LogP contribution in [0.3, 0.4) is 0 Å². The summed E-state index contributed by atoms with van der Waals surface area (Å²) in [6.45, 7) is 0.0901. The van der Waals surface area contributed by atoms with Crippen LogP contribution in [-0.4, -0.2) is 115 Å². The van der Waals surface area contributed by atoms with Crippen LogP contribution < -0.4 is 55.3 Å². The number of benzene rings is 2. The maximum Gasteiger partial charge on any atom is 0.243 e. The van der Waals surface area contributed by atoms with Crippen LogP contribution in [-0.2, 0) is 41.6 Å². The smallest absolute Gasteiger partial charge is 0.243 e. The molecule has 0 saturated carbocycles. The molecule has 4 rings (SSSR count). The van der Waals surface area contributed by atoms with E-state index in [4.69, 9.17) is 28.7 Å². The first-order valence-corrected chi connectivity index (χ1v) is 19.8. The van der Waals surface area contributed by atoms with Crippen molar-refractivity contribution in [1.82, 2.24) is 31.6 Å². The van der Waals surface area contributed by atoms with Crippen molar-refractivity contribution in [3.8, 4) is 0 Å². The maximum atomic E-state index is 14.3.